The third kappa shape index (κ3) is 5.38. The number of carbonyl (C=O) groups excluding carboxylic acids is 3. The summed E-state index contributed by atoms with van der Waals surface area (Å²) < 4.78 is 5.31. The lowest BCUT2D eigenvalue weighted by Crippen LogP contribution is -2.30. The first kappa shape index (κ1) is 20.9. The van der Waals surface area contributed by atoms with Gasteiger partial charge in [0, 0.05) is 22.8 Å². The van der Waals surface area contributed by atoms with E-state index < -0.39 is 18.0 Å². The van der Waals surface area contributed by atoms with Gasteiger partial charge >= 0.3 is 5.97 Å². The average Bonchev–Trinajstić information content (AvgIpc) is 2.88. The number of anilines is 2. The third-order valence-electron chi connectivity index (χ3n) is 4.57. The minimum Gasteiger partial charge on any atom is -0.449 e. The molecule has 2 aromatic carbocycles. The highest BCUT2D eigenvalue weighted by Gasteiger charge is 2.21. The zero-order chi connectivity index (χ0) is 21.0. The number of ether oxygens (including phenoxy) is 1. The Kier molecular flexibility index (Phi) is 6.59. The number of rotatable bonds is 5. The fourth-order valence-electron chi connectivity index (χ4n) is 2.82. The normalized spacial score (nSPS) is 14.4. The highest BCUT2D eigenvalue weighted by atomic mass is 32.2. The molecule has 29 heavy (non-hydrogen) atoms. The molecule has 0 spiro atoms. The van der Waals surface area contributed by atoms with E-state index in [0.717, 1.165) is 4.90 Å². The SMILES string of the molecule is CC(C)c1ccc(NC(=O)[C@@H](C)OC(=O)c2ccc3c(c2)NC(=O)CCS3)cc1. The Bertz CT molecular complexity index is 925. The fourth-order valence-corrected chi connectivity index (χ4v) is 3.76. The molecule has 2 aromatic rings. The van der Waals surface area contributed by atoms with Gasteiger partial charge < -0.3 is 15.4 Å². The summed E-state index contributed by atoms with van der Waals surface area (Å²) in [6, 6.07) is 12.6. The molecule has 1 aliphatic heterocycles. The lowest BCUT2D eigenvalue weighted by atomic mass is 10.0. The third-order valence-corrected chi connectivity index (χ3v) is 5.65. The second-order valence-corrected chi connectivity index (χ2v) is 8.31. The Balaban J connectivity index is 1.62. The van der Waals surface area contributed by atoms with Crippen LogP contribution in [0.15, 0.2) is 47.4 Å². The van der Waals surface area contributed by atoms with Crippen molar-refractivity contribution < 1.29 is 19.1 Å². The molecule has 1 heterocycles. The highest BCUT2D eigenvalue weighted by Crippen LogP contribution is 2.31. The van der Waals surface area contributed by atoms with Crippen molar-refractivity contribution in [1.82, 2.24) is 0 Å². The molecule has 0 radical (unpaired) electrons. The molecule has 0 saturated carbocycles. The average molecular weight is 413 g/mol. The minimum atomic E-state index is -0.963. The van der Waals surface area contributed by atoms with Crippen molar-refractivity contribution in [3.63, 3.8) is 0 Å². The Morgan fingerprint density at radius 3 is 2.52 bits per heavy atom. The van der Waals surface area contributed by atoms with Crippen molar-refractivity contribution in [2.75, 3.05) is 16.4 Å². The maximum Gasteiger partial charge on any atom is 0.338 e. The Hall–Kier alpha value is -2.80. The fraction of sp³-hybridized carbons (Fsp3) is 0.318. The van der Waals surface area contributed by atoms with E-state index in [1.165, 1.54) is 12.5 Å². The van der Waals surface area contributed by atoms with E-state index in [0.29, 0.717) is 29.5 Å². The lowest BCUT2D eigenvalue weighted by molar-refractivity contribution is -0.123. The van der Waals surface area contributed by atoms with Gasteiger partial charge in [-0.25, -0.2) is 4.79 Å². The molecule has 0 aliphatic carbocycles. The number of hydrogen-bond acceptors (Lipinski definition) is 5. The molecule has 1 aliphatic rings. The number of hydrogen-bond donors (Lipinski definition) is 2. The number of fused-ring (bicyclic) bond motifs is 1. The van der Waals surface area contributed by atoms with Gasteiger partial charge in [-0.2, -0.15) is 0 Å². The smallest absolute Gasteiger partial charge is 0.338 e. The van der Waals surface area contributed by atoms with Crippen LogP contribution in [0.3, 0.4) is 0 Å². The second-order valence-electron chi connectivity index (χ2n) is 7.17. The van der Waals surface area contributed by atoms with E-state index in [1.54, 1.807) is 30.0 Å². The van der Waals surface area contributed by atoms with Crippen molar-refractivity contribution in [3.05, 3.63) is 53.6 Å². The molecule has 0 unspecified atom stereocenters. The summed E-state index contributed by atoms with van der Waals surface area (Å²) in [4.78, 5) is 37.5. The van der Waals surface area contributed by atoms with E-state index in [2.05, 4.69) is 24.5 Å². The molecule has 2 N–H and O–H groups in total. The van der Waals surface area contributed by atoms with Gasteiger partial charge in [0.2, 0.25) is 5.91 Å². The Labute approximate surface area is 174 Å². The van der Waals surface area contributed by atoms with Gasteiger partial charge in [-0.15, -0.1) is 11.8 Å². The van der Waals surface area contributed by atoms with E-state index >= 15 is 0 Å². The number of esters is 1. The van der Waals surface area contributed by atoms with Crippen LogP contribution in [0.1, 0.15) is 49.0 Å². The molecule has 7 heteroatoms. The summed E-state index contributed by atoms with van der Waals surface area (Å²) in [7, 11) is 0. The van der Waals surface area contributed by atoms with Gasteiger partial charge in [0.05, 0.1) is 11.3 Å². The second kappa shape index (κ2) is 9.13. The maximum atomic E-state index is 12.5. The van der Waals surface area contributed by atoms with E-state index in [9.17, 15) is 14.4 Å². The first-order valence-corrected chi connectivity index (χ1v) is 10.5. The van der Waals surface area contributed by atoms with Crippen LogP contribution in [0.5, 0.6) is 0 Å². The molecular weight excluding hydrogens is 388 g/mol. The number of nitrogens with one attached hydrogen (secondary N) is 2. The number of benzene rings is 2. The van der Waals surface area contributed by atoms with Crippen LogP contribution in [0.2, 0.25) is 0 Å². The lowest BCUT2D eigenvalue weighted by Gasteiger charge is -2.15. The van der Waals surface area contributed by atoms with Crippen molar-refractivity contribution in [2.45, 2.75) is 44.1 Å². The van der Waals surface area contributed by atoms with Gasteiger partial charge in [-0.1, -0.05) is 26.0 Å². The van der Waals surface area contributed by atoms with Crippen LogP contribution >= 0.6 is 11.8 Å². The molecule has 0 saturated heterocycles. The van der Waals surface area contributed by atoms with Crippen LogP contribution in [0.25, 0.3) is 0 Å². The molecule has 152 valence electrons. The number of thioether (sulfide) groups is 1. The zero-order valence-electron chi connectivity index (χ0n) is 16.7. The van der Waals surface area contributed by atoms with Gasteiger partial charge in [0.15, 0.2) is 6.10 Å². The topological polar surface area (TPSA) is 84.5 Å². The molecule has 0 bridgehead atoms. The quantitative estimate of drug-likeness (QED) is 0.710. The monoisotopic (exact) mass is 412 g/mol. The largest absolute Gasteiger partial charge is 0.449 e. The highest BCUT2D eigenvalue weighted by molar-refractivity contribution is 7.99. The Morgan fingerprint density at radius 1 is 1.10 bits per heavy atom. The number of carbonyl (C=O) groups is 3. The predicted octanol–water partition coefficient (Wildman–Crippen LogP) is 4.43. The van der Waals surface area contributed by atoms with E-state index in [1.807, 2.05) is 24.3 Å². The minimum absolute atomic E-state index is 0.0852. The van der Waals surface area contributed by atoms with Crippen molar-refractivity contribution in [3.8, 4) is 0 Å². The molecular formula is C22H24N2O4S. The van der Waals surface area contributed by atoms with Gasteiger partial charge in [0.25, 0.3) is 5.91 Å². The van der Waals surface area contributed by atoms with Crippen LogP contribution < -0.4 is 10.6 Å². The molecule has 3 rings (SSSR count). The number of amides is 2. The first-order chi connectivity index (χ1) is 13.8. The van der Waals surface area contributed by atoms with Crippen molar-refractivity contribution in [1.29, 1.82) is 0 Å². The van der Waals surface area contributed by atoms with Crippen molar-refractivity contribution in [2.24, 2.45) is 0 Å². The van der Waals surface area contributed by atoms with Gasteiger partial charge in [-0.05, 0) is 48.7 Å². The van der Waals surface area contributed by atoms with Crippen LogP contribution in [0, 0.1) is 0 Å². The summed E-state index contributed by atoms with van der Waals surface area (Å²) in [6.45, 7) is 5.72. The summed E-state index contributed by atoms with van der Waals surface area (Å²) >= 11 is 1.56. The predicted molar refractivity (Wildman–Crippen MR) is 114 cm³/mol. The molecule has 1 atom stereocenters. The molecule has 0 fully saturated rings. The summed E-state index contributed by atoms with van der Waals surface area (Å²) in [5.41, 5.74) is 2.70. The standard InChI is InChI=1S/C22H24N2O4S/c1-13(2)15-4-7-17(8-5-15)23-21(26)14(3)28-22(27)16-6-9-19-18(12-16)24-20(25)10-11-29-19/h4-9,12-14H,10-11H2,1-3H3,(H,23,26)(H,24,25)/t14-/m1/s1. The van der Waals surface area contributed by atoms with E-state index in [4.69, 9.17) is 4.74 Å². The zero-order valence-corrected chi connectivity index (χ0v) is 17.5. The van der Waals surface area contributed by atoms with Crippen LogP contribution in [-0.4, -0.2) is 29.6 Å². The summed E-state index contributed by atoms with van der Waals surface area (Å²) in [5.74, 6) is -0.0112. The van der Waals surface area contributed by atoms with Crippen LogP contribution in [-0.2, 0) is 14.3 Å². The summed E-state index contributed by atoms with van der Waals surface area (Å²) in [6.07, 6.45) is -0.538. The van der Waals surface area contributed by atoms with Crippen LogP contribution in [0.4, 0.5) is 11.4 Å². The Morgan fingerprint density at radius 2 is 1.83 bits per heavy atom. The van der Waals surface area contributed by atoms with Crippen molar-refractivity contribution >= 4 is 40.9 Å². The first-order valence-electron chi connectivity index (χ1n) is 9.52. The molecule has 0 aromatic heterocycles. The molecule has 2 amide bonds. The maximum absolute atomic E-state index is 12.5. The van der Waals surface area contributed by atoms with Gasteiger partial charge in [-0.3, -0.25) is 9.59 Å². The van der Waals surface area contributed by atoms with Gasteiger partial charge in [0.1, 0.15) is 0 Å². The summed E-state index contributed by atoms with van der Waals surface area (Å²) in [5, 5.41) is 5.54. The molecule has 6 nitrogen and oxygen atoms in total. The van der Waals surface area contributed by atoms with E-state index in [-0.39, 0.29) is 11.5 Å².